The van der Waals surface area contributed by atoms with Gasteiger partial charge in [-0.25, -0.2) is 4.79 Å². The van der Waals surface area contributed by atoms with Crippen molar-refractivity contribution in [3.8, 4) is 0 Å². The minimum atomic E-state index is -0.275. The Hall–Kier alpha value is -1.24. The monoisotopic (exact) mass is 361 g/mol. The Kier molecular flexibility index (Phi) is 6.11. The van der Waals surface area contributed by atoms with Gasteiger partial charge in [-0.15, -0.1) is 0 Å². The van der Waals surface area contributed by atoms with Crippen molar-refractivity contribution in [2.24, 2.45) is 0 Å². The summed E-state index contributed by atoms with van der Waals surface area (Å²) in [4.78, 5) is 15.3. The van der Waals surface area contributed by atoms with Crippen LogP contribution in [0.5, 0.6) is 0 Å². The number of carbonyl (C=O) groups excluding carboxylic acids is 1. The fraction of sp³-hybridized carbons (Fsp3) is 0.429. The molecule has 22 heavy (non-hydrogen) atoms. The Bertz CT molecular complexity index is 543. The van der Waals surface area contributed by atoms with E-state index in [-0.39, 0.29) is 6.09 Å². The second-order valence-corrected chi connectivity index (χ2v) is 6.02. The van der Waals surface area contributed by atoms with Crippen LogP contribution >= 0.6 is 35.4 Å². The van der Waals surface area contributed by atoms with Crippen LogP contribution in [0.2, 0.25) is 10.0 Å². The summed E-state index contributed by atoms with van der Waals surface area (Å²) in [5.74, 6) is 0. The second-order valence-electron chi connectivity index (χ2n) is 4.76. The number of hydrogen-bond donors (Lipinski definition) is 1. The van der Waals surface area contributed by atoms with E-state index in [1.165, 1.54) is 0 Å². The third-order valence-corrected chi connectivity index (χ3v) is 4.00. The van der Waals surface area contributed by atoms with Gasteiger partial charge in [0.15, 0.2) is 5.11 Å². The predicted molar refractivity (Wildman–Crippen MR) is 92.9 cm³/mol. The molecule has 0 atom stereocenters. The van der Waals surface area contributed by atoms with E-state index in [4.69, 9.17) is 40.2 Å². The zero-order valence-corrected chi connectivity index (χ0v) is 14.5. The van der Waals surface area contributed by atoms with E-state index in [0.717, 1.165) is 5.69 Å². The number of carbonyl (C=O) groups is 1. The summed E-state index contributed by atoms with van der Waals surface area (Å²) in [5.41, 5.74) is 0.746. The molecule has 1 amide bonds. The Morgan fingerprint density at radius 1 is 1.18 bits per heavy atom. The Labute approximate surface area is 145 Å². The van der Waals surface area contributed by atoms with Crippen LogP contribution in [-0.4, -0.2) is 53.8 Å². The number of piperazine rings is 1. The number of ether oxygens (including phenoxy) is 1. The lowest BCUT2D eigenvalue weighted by molar-refractivity contribution is 0.0923. The Morgan fingerprint density at radius 2 is 1.73 bits per heavy atom. The van der Waals surface area contributed by atoms with Gasteiger partial charge in [-0.2, -0.15) is 0 Å². The molecular formula is C14H17Cl2N3O2S. The molecule has 1 aliphatic heterocycles. The van der Waals surface area contributed by atoms with Crippen LogP contribution in [0.4, 0.5) is 10.5 Å². The first kappa shape index (κ1) is 17.1. The molecule has 0 saturated carbocycles. The van der Waals surface area contributed by atoms with Gasteiger partial charge in [-0.3, -0.25) is 0 Å². The number of thiocarbonyl (C=S) groups is 1. The SMILES string of the molecule is CCOC(=O)N1CCN(C(=S)Nc2cc(Cl)cc(Cl)c2)CC1. The number of nitrogens with zero attached hydrogens (tertiary/aromatic N) is 2. The highest BCUT2D eigenvalue weighted by Crippen LogP contribution is 2.22. The van der Waals surface area contributed by atoms with E-state index in [9.17, 15) is 4.79 Å². The molecule has 1 heterocycles. The lowest BCUT2D eigenvalue weighted by atomic mass is 10.3. The van der Waals surface area contributed by atoms with Crippen molar-refractivity contribution in [2.45, 2.75) is 6.92 Å². The summed E-state index contributed by atoms with van der Waals surface area (Å²) in [6.45, 7) is 4.64. The van der Waals surface area contributed by atoms with E-state index < -0.39 is 0 Å². The van der Waals surface area contributed by atoms with Gasteiger partial charge in [0.25, 0.3) is 0 Å². The minimum absolute atomic E-state index is 0.275. The molecule has 0 aliphatic carbocycles. The average Bonchev–Trinajstić information content (AvgIpc) is 2.46. The van der Waals surface area contributed by atoms with Crippen molar-refractivity contribution in [2.75, 3.05) is 38.1 Å². The summed E-state index contributed by atoms with van der Waals surface area (Å²) in [6, 6.07) is 5.18. The van der Waals surface area contributed by atoms with Gasteiger partial charge < -0.3 is 19.9 Å². The van der Waals surface area contributed by atoms with E-state index in [1.807, 2.05) is 4.90 Å². The molecule has 0 bridgehead atoms. The topological polar surface area (TPSA) is 44.8 Å². The van der Waals surface area contributed by atoms with Gasteiger partial charge in [0.05, 0.1) is 6.61 Å². The van der Waals surface area contributed by atoms with Gasteiger partial charge in [0.1, 0.15) is 0 Å². The van der Waals surface area contributed by atoms with Crippen LogP contribution in [0, 0.1) is 0 Å². The standard InChI is InChI=1S/C14H17Cl2N3O2S/c1-2-21-14(20)19-5-3-18(4-6-19)13(22)17-12-8-10(15)7-11(16)9-12/h7-9H,2-6H2,1H3,(H,17,22). The van der Waals surface area contributed by atoms with Gasteiger partial charge >= 0.3 is 6.09 Å². The molecule has 0 radical (unpaired) electrons. The fourth-order valence-electron chi connectivity index (χ4n) is 2.14. The van der Waals surface area contributed by atoms with Crippen molar-refractivity contribution in [1.29, 1.82) is 0 Å². The Balaban J connectivity index is 1.88. The van der Waals surface area contributed by atoms with Crippen molar-refractivity contribution in [3.05, 3.63) is 28.2 Å². The largest absolute Gasteiger partial charge is 0.450 e. The molecule has 1 saturated heterocycles. The van der Waals surface area contributed by atoms with Crippen molar-refractivity contribution < 1.29 is 9.53 Å². The van der Waals surface area contributed by atoms with Gasteiger partial charge in [-0.1, -0.05) is 23.2 Å². The minimum Gasteiger partial charge on any atom is -0.450 e. The second kappa shape index (κ2) is 7.85. The number of nitrogens with one attached hydrogen (secondary N) is 1. The highest BCUT2D eigenvalue weighted by Gasteiger charge is 2.23. The first-order valence-electron chi connectivity index (χ1n) is 6.93. The molecule has 1 fully saturated rings. The lowest BCUT2D eigenvalue weighted by Crippen LogP contribution is -2.51. The summed E-state index contributed by atoms with van der Waals surface area (Å²) in [5, 5.41) is 4.79. The van der Waals surface area contributed by atoms with Crippen LogP contribution in [0.3, 0.4) is 0 Å². The van der Waals surface area contributed by atoms with E-state index in [2.05, 4.69) is 5.32 Å². The van der Waals surface area contributed by atoms with Gasteiger partial charge in [0.2, 0.25) is 0 Å². The van der Waals surface area contributed by atoms with Gasteiger partial charge in [-0.05, 0) is 37.3 Å². The van der Waals surface area contributed by atoms with Crippen LogP contribution in [-0.2, 0) is 4.74 Å². The molecule has 0 aromatic heterocycles. The van der Waals surface area contributed by atoms with E-state index in [0.29, 0.717) is 47.9 Å². The van der Waals surface area contributed by atoms with Crippen molar-refractivity contribution in [1.82, 2.24) is 9.80 Å². The zero-order valence-electron chi connectivity index (χ0n) is 12.1. The summed E-state index contributed by atoms with van der Waals surface area (Å²) >= 11 is 17.3. The molecular weight excluding hydrogens is 345 g/mol. The molecule has 0 unspecified atom stereocenters. The third kappa shape index (κ3) is 4.63. The lowest BCUT2D eigenvalue weighted by Gasteiger charge is -2.35. The number of halogens is 2. The van der Waals surface area contributed by atoms with E-state index in [1.54, 1.807) is 30.0 Å². The molecule has 1 aliphatic rings. The molecule has 0 spiro atoms. The molecule has 120 valence electrons. The quantitative estimate of drug-likeness (QED) is 0.817. The first-order chi connectivity index (χ1) is 10.5. The van der Waals surface area contributed by atoms with E-state index >= 15 is 0 Å². The van der Waals surface area contributed by atoms with Crippen molar-refractivity contribution >= 4 is 52.3 Å². The average molecular weight is 362 g/mol. The van der Waals surface area contributed by atoms with Crippen LogP contribution < -0.4 is 5.32 Å². The number of hydrogen-bond acceptors (Lipinski definition) is 3. The summed E-state index contributed by atoms with van der Waals surface area (Å²) in [7, 11) is 0. The zero-order chi connectivity index (χ0) is 16.1. The van der Waals surface area contributed by atoms with Crippen LogP contribution in [0.1, 0.15) is 6.92 Å². The maximum atomic E-state index is 11.6. The van der Waals surface area contributed by atoms with Gasteiger partial charge in [0, 0.05) is 41.9 Å². The maximum absolute atomic E-state index is 11.6. The van der Waals surface area contributed by atoms with Crippen LogP contribution in [0.15, 0.2) is 18.2 Å². The fourth-order valence-corrected chi connectivity index (χ4v) is 2.96. The summed E-state index contributed by atoms with van der Waals surface area (Å²) < 4.78 is 4.99. The predicted octanol–water partition coefficient (Wildman–Crippen LogP) is 3.46. The van der Waals surface area contributed by atoms with Crippen molar-refractivity contribution in [3.63, 3.8) is 0 Å². The molecule has 8 heteroatoms. The highest BCUT2D eigenvalue weighted by atomic mass is 35.5. The number of anilines is 1. The highest BCUT2D eigenvalue weighted by molar-refractivity contribution is 7.80. The maximum Gasteiger partial charge on any atom is 0.409 e. The molecule has 2 rings (SSSR count). The Morgan fingerprint density at radius 3 is 2.27 bits per heavy atom. The molecule has 1 N–H and O–H groups in total. The third-order valence-electron chi connectivity index (χ3n) is 3.21. The number of rotatable bonds is 2. The smallest absolute Gasteiger partial charge is 0.409 e. The molecule has 1 aromatic carbocycles. The number of amides is 1. The first-order valence-corrected chi connectivity index (χ1v) is 8.09. The molecule has 1 aromatic rings. The number of benzene rings is 1. The molecule has 5 nitrogen and oxygen atoms in total. The van der Waals surface area contributed by atoms with Crippen LogP contribution in [0.25, 0.3) is 0 Å². The normalized spacial score (nSPS) is 14.7. The summed E-state index contributed by atoms with van der Waals surface area (Å²) in [6.07, 6.45) is -0.275.